The number of nitrogens with one attached hydrogen (secondary N) is 1. The average Bonchev–Trinajstić information content (AvgIpc) is 2.59. The first-order valence-corrected chi connectivity index (χ1v) is 8.04. The second kappa shape index (κ2) is 9.52. The molecular formula is C18H24N2O5. The zero-order valence-electron chi connectivity index (χ0n) is 15.0. The summed E-state index contributed by atoms with van der Waals surface area (Å²) in [7, 11) is 0. The Balaban J connectivity index is 2.37. The van der Waals surface area contributed by atoms with Crippen molar-refractivity contribution in [3.05, 3.63) is 24.3 Å². The van der Waals surface area contributed by atoms with Gasteiger partial charge in [-0.2, -0.15) is 5.26 Å². The molecule has 0 unspecified atom stereocenters. The van der Waals surface area contributed by atoms with Gasteiger partial charge in [0.25, 0.3) is 5.91 Å². The van der Waals surface area contributed by atoms with Crippen LogP contribution in [0.25, 0.3) is 0 Å². The first kappa shape index (κ1) is 20.3. The van der Waals surface area contributed by atoms with Gasteiger partial charge in [0, 0.05) is 0 Å². The molecule has 136 valence electrons. The standard InChI is InChI=1S/C18H24N2O5/c1-5-23-14-6-8-15(9-7-14)24-11-17(22)25-10-16(21)20-18(4,12-19)13(2)3/h6-9,13H,5,10-11H2,1-4H3,(H,20,21)/t18-/m1/s1. The van der Waals surface area contributed by atoms with Gasteiger partial charge in [-0.3, -0.25) is 4.79 Å². The molecule has 1 atom stereocenters. The molecule has 0 spiro atoms. The summed E-state index contributed by atoms with van der Waals surface area (Å²) < 4.78 is 15.4. The predicted octanol–water partition coefficient (Wildman–Crippen LogP) is 2.06. The summed E-state index contributed by atoms with van der Waals surface area (Å²) in [5.74, 6) is -0.0962. The van der Waals surface area contributed by atoms with E-state index in [1.54, 1.807) is 31.2 Å². The Morgan fingerprint density at radius 1 is 1.16 bits per heavy atom. The summed E-state index contributed by atoms with van der Waals surface area (Å²) in [6.07, 6.45) is 0. The van der Waals surface area contributed by atoms with Gasteiger partial charge >= 0.3 is 5.97 Å². The van der Waals surface area contributed by atoms with E-state index in [-0.39, 0.29) is 12.5 Å². The van der Waals surface area contributed by atoms with Crippen molar-refractivity contribution >= 4 is 11.9 Å². The molecule has 0 saturated carbocycles. The molecule has 0 aliphatic rings. The monoisotopic (exact) mass is 348 g/mol. The van der Waals surface area contributed by atoms with E-state index in [0.717, 1.165) is 0 Å². The van der Waals surface area contributed by atoms with Crippen molar-refractivity contribution in [1.29, 1.82) is 5.26 Å². The fourth-order valence-electron chi connectivity index (χ4n) is 1.76. The summed E-state index contributed by atoms with van der Waals surface area (Å²) >= 11 is 0. The predicted molar refractivity (Wildman–Crippen MR) is 91.1 cm³/mol. The normalized spacial score (nSPS) is 12.6. The van der Waals surface area contributed by atoms with Crippen LogP contribution in [0.2, 0.25) is 0 Å². The van der Waals surface area contributed by atoms with Crippen LogP contribution < -0.4 is 14.8 Å². The number of hydrogen-bond acceptors (Lipinski definition) is 6. The van der Waals surface area contributed by atoms with Crippen molar-refractivity contribution < 1.29 is 23.8 Å². The molecule has 0 fully saturated rings. The highest BCUT2D eigenvalue weighted by Gasteiger charge is 2.30. The lowest BCUT2D eigenvalue weighted by atomic mass is 9.90. The van der Waals surface area contributed by atoms with Gasteiger partial charge in [0.2, 0.25) is 0 Å². The second-order valence-corrected chi connectivity index (χ2v) is 5.87. The van der Waals surface area contributed by atoms with Gasteiger partial charge in [-0.15, -0.1) is 0 Å². The molecule has 1 aromatic rings. The minimum absolute atomic E-state index is 0.0832. The summed E-state index contributed by atoms with van der Waals surface area (Å²) in [4.78, 5) is 23.4. The maximum Gasteiger partial charge on any atom is 0.344 e. The number of rotatable bonds is 9. The maximum atomic E-state index is 11.8. The Bertz CT molecular complexity index is 621. The van der Waals surface area contributed by atoms with Crippen molar-refractivity contribution in [3.63, 3.8) is 0 Å². The van der Waals surface area contributed by atoms with Gasteiger partial charge in [0.05, 0.1) is 12.7 Å². The van der Waals surface area contributed by atoms with Crippen molar-refractivity contribution in [3.8, 4) is 17.6 Å². The highest BCUT2D eigenvalue weighted by Crippen LogP contribution is 2.17. The third kappa shape index (κ3) is 6.71. The van der Waals surface area contributed by atoms with Gasteiger partial charge in [0.1, 0.15) is 17.0 Å². The number of carbonyl (C=O) groups is 2. The van der Waals surface area contributed by atoms with E-state index < -0.39 is 24.0 Å². The topological polar surface area (TPSA) is 97.7 Å². The van der Waals surface area contributed by atoms with Crippen LogP contribution in [0, 0.1) is 17.2 Å². The van der Waals surface area contributed by atoms with Crippen molar-refractivity contribution in [2.75, 3.05) is 19.8 Å². The third-order valence-corrected chi connectivity index (χ3v) is 3.64. The Hall–Kier alpha value is -2.75. The van der Waals surface area contributed by atoms with Crippen molar-refractivity contribution in [1.82, 2.24) is 5.32 Å². The summed E-state index contributed by atoms with van der Waals surface area (Å²) in [6.45, 7) is 6.93. The molecule has 0 saturated heterocycles. The van der Waals surface area contributed by atoms with Gasteiger partial charge in [0.15, 0.2) is 13.2 Å². The molecule has 0 bridgehead atoms. The minimum atomic E-state index is -1.01. The largest absolute Gasteiger partial charge is 0.494 e. The maximum absolute atomic E-state index is 11.8. The lowest BCUT2D eigenvalue weighted by Crippen LogP contribution is -2.50. The molecule has 1 aromatic carbocycles. The number of nitriles is 1. The second-order valence-electron chi connectivity index (χ2n) is 5.87. The molecule has 7 nitrogen and oxygen atoms in total. The van der Waals surface area contributed by atoms with E-state index in [1.165, 1.54) is 0 Å². The van der Waals surface area contributed by atoms with Crippen molar-refractivity contribution in [2.24, 2.45) is 5.92 Å². The van der Waals surface area contributed by atoms with Gasteiger partial charge in [-0.1, -0.05) is 13.8 Å². The molecule has 25 heavy (non-hydrogen) atoms. The van der Waals surface area contributed by atoms with Crippen LogP contribution >= 0.6 is 0 Å². The smallest absolute Gasteiger partial charge is 0.344 e. The van der Waals surface area contributed by atoms with Crippen molar-refractivity contribution in [2.45, 2.75) is 33.2 Å². The van der Waals surface area contributed by atoms with E-state index in [9.17, 15) is 9.59 Å². The molecule has 1 rings (SSSR count). The molecule has 7 heteroatoms. The molecule has 0 aromatic heterocycles. The summed E-state index contributed by atoms with van der Waals surface area (Å²) in [5.41, 5.74) is -1.01. The van der Waals surface area contributed by atoms with Gasteiger partial charge in [-0.25, -0.2) is 4.79 Å². The summed E-state index contributed by atoms with van der Waals surface area (Å²) in [6, 6.07) is 8.85. The molecule has 0 radical (unpaired) electrons. The average molecular weight is 348 g/mol. The fourth-order valence-corrected chi connectivity index (χ4v) is 1.76. The highest BCUT2D eigenvalue weighted by molar-refractivity contribution is 5.81. The number of carbonyl (C=O) groups excluding carboxylic acids is 2. The van der Waals surface area contributed by atoms with E-state index in [4.69, 9.17) is 19.5 Å². The molecule has 0 aliphatic heterocycles. The van der Waals surface area contributed by atoms with Crippen LogP contribution in [0.1, 0.15) is 27.7 Å². The number of esters is 1. The molecule has 0 heterocycles. The number of hydrogen-bond donors (Lipinski definition) is 1. The Morgan fingerprint density at radius 2 is 1.72 bits per heavy atom. The Kier molecular flexibility index (Phi) is 7.73. The number of amides is 1. The number of benzene rings is 1. The fraction of sp³-hybridized carbons (Fsp3) is 0.500. The van der Waals surface area contributed by atoms with Crippen LogP contribution in [-0.2, 0) is 14.3 Å². The van der Waals surface area contributed by atoms with E-state index in [2.05, 4.69) is 5.32 Å². The molecular weight excluding hydrogens is 324 g/mol. The Morgan fingerprint density at radius 3 is 2.20 bits per heavy atom. The van der Waals surface area contributed by atoms with E-state index in [0.29, 0.717) is 18.1 Å². The first-order valence-electron chi connectivity index (χ1n) is 8.04. The van der Waals surface area contributed by atoms with E-state index in [1.807, 2.05) is 26.8 Å². The molecule has 1 amide bonds. The molecule has 1 N–H and O–H groups in total. The summed E-state index contributed by atoms with van der Waals surface area (Å²) in [5, 5.41) is 11.7. The number of ether oxygens (including phenoxy) is 3. The lowest BCUT2D eigenvalue weighted by molar-refractivity contribution is -0.150. The first-order chi connectivity index (χ1) is 11.8. The lowest BCUT2D eigenvalue weighted by Gasteiger charge is -2.27. The SMILES string of the molecule is CCOc1ccc(OCC(=O)OCC(=O)N[C@](C)(C#N)C(C)C)cc1. The zero-order chi connectivity index (χ0) is 18.9. The van der Waals surface area contributed by atoms with Crippen LogP contribution in [0.3, 0.4) is 0 Å². The Labute approximate surface area is 147 Å². The molecule has 0 aliphatic carbocycles. The van der Waals surface area contributed by atoms with Gasteiger partial charge < -0.3 is 19.5 Å². The quantitative estimate of drug-likeness (QED) is 0.686. The van der Waals surface area contributed by atoms with Crippen LogP contribution in [0.15, 0.2) is 24.3 Å². The van der Waals surface area contributed by atoms with Crippen LogP contribution in [0.4, 0.5) is 0 Å². The number of nitrogens with zero attached hydrogens (tertiary/aromatic N) is 1. The van der Waals surface area contributed by atoms with Crippen LogP contribution in [-0.4, -0.2) is 37.2 Å². The highest BCUT2D eigenvalue weighted by atomic mass is 16.6. The van der Waals surface area contributed by atoms with Crippen LogP contribution in [0.5, 0.6) is 11.5 Å². The minimum Gasteiger partial charge on any atom is -0.494 e. The third-order valence-electron chi connectivity index (χ3n) is 3.64. The van der Waals surface area contributed by atoms with Gasteiger partial charge in [-0.05, 0) is 44.0 Å². The van der Waals surface area contributed by atoms with E-state index >= 15 is 0 Å². The zero-order valence-corrected chi connectivity index (χ0v) is 15.0.